The van der Waals surface area contributed by atoms with Gasteiger partial charge in [-0.3, -0.25) is 9.59 Å². The van der Waals surface area contributed by atoms with Gasteiger partial charge >= 0.3 is 5.97 Å². The predicted molar refractivity (Wildman–Crippen MR) is 63.0 cm³/mol. The van der Waals surface area contributed by atoms with Crippen molar-refractivity contribution < 1.29 is 19.2 Å². The van der Waals surface area contributed by atoms with Gasteiger partial charge in [0.25, 0.3) is 11.8 Å². The molecule has 2 fully saturated rings. The highest BCUT2D eigenvalue weighted by Gasteiger charge is 2.32. The highest BCUT2D eigenvalue weighted by molar-refractivity contribution is 6.01. The number of carbonyl (C=O) groups is 3. The molecule has 0 unspecified atom stereocenters. The SMILES string of the molecule is O=C(CCC1CCCCC1)ON1C(=O)CCC1=O. The third-order valence-corrected chi connectivity index (χ3v) is 3.68. The number of amides is 2. The molecule has 0 aromatic carbocycles. The summed E-state index contributed by atoms with van der Waals surface area (Å²) in [6.07, 6.45) is 7.51. The molecule has 5 nitrogen and oxygen atoms in total. The molecule has 0 atom stereocenters. The first-order chi connectivity index (χ1) is 8.66. The Morgan fingerprint density at radius 2 is 1.72 bits per heavy atom. The molecule has 1 saturated heterocycles. The molecule has 5 heteroatoms. The summed E-state index contributed by atoms with van der Waals surface area (Å²) >= 11 is 0. The highest BCUT2D eigenvalue weighted by atomic mass is 16.7. The van der Waals surface area contributed by atoms with Crippen LogP contribution in [-0.4, -0.2) is 22.8 Å². The van der Waals surface area contributed by atoms with Crippen molar-refractivity contribution in [3.8, 4) is 0 Å². The second-order valence-electron chi connectivity index (χ2n) is 5.09. The summed E-state index contributed by atoms with van der Waals surface area (Å²) in [6, 6.07) is 0. The van der Waals surface area contributed by atoms with Crippen LogP contribution in [0.5, 0.6) is 0 Å². The average Bonchev–Trinajstić information content (AvgIpc) is 2.69. The van der Waals surface area contributed by atoms with E-state index in [1.165, 1.54) is 32.1 Å². The van der Waals surface area contributed by atoms with Gasteiger partial charge in [0, 0.05) is 19.3 Å². The summed E-state index contributed by atoms with van der Waals surface area (Å²) in [7, 11) is 0. The van der Waals surface area contributed by atoms with Crippen molar-refractivity contribution in [1.82, 2.24) is 5.06 Å². The molecule has 0 aromatic heterocycles. The monoisotopic (exact) mass is 253 g/mol. The largest absolute Gasteiger partial charge is 0.333 e. The van der Waals surface area contributed by atoms with Gasteiger partial charge in [-0.25, -0.2) is 4.79 Å². The van der Waals surface area contributed by atoms with E-state index in [0.29, 0.717) is 17.4 Å². The minimum Gasteiger partial charge on any atom is -0.330 e. The van der Waals surface area contributed by atoms with E-state index in [0.717, 1.165) is 6.42 Å². The lowest BCUT2D eigenvalue weighted by atomic mass is 9.86. The maximum absolute atomic E-state index is 11.6. The van der Waals surface area contributed by atoms with Crippen LogP contribution in [0.3, 0.4) is 0 Å². The topological polar surface area (TPSA) is 63.7 Å². The first-order valence-corrected chi connectivity index (χ1v) is 6.73. The lowest BCUT2D eigenvalue weighted by molar-refractivity contribution is -0.197. The summed E-state index contributed by atoms with van der Waals surface area (Å²) in [6.45, 7) is 0. The molecule has 1 saturated carbocycles. The van der Waals surface area contributed by atoms with Crippen LogP contribution >= 0.6 is 0 Å². The Morgan fingerprint density at radius 3 is 2.33 bits per heavy atom. The quantitative estimate of drug-likeness (QED) is 0.718. The molecule has 2 aliphatic rings. The van der Waals surface area contributed by atoms with Crippen molar-refractivity contribution in [1.29, 1.82) is 0 Å². The third kappa shape index (κ3) is 3.31. The number of hydroxylamine groups is 2. The Morgan fingerprint density at radius 1 is 1.11 bits per heavy atom. The zero-order valence-electron chi connectivity index (χ0n) is 10.5. The number of hydrogen-bond donors (Lipinski definition) is 0. The van der Waals surface area contributed by atoms with Crippen LogP contribution in [0.2, 0.25) is 0 Å². The predicted octanol–water partition coefficient (Wildman–Crippen LogP) is 1.95. The molecule has 2 amide bonds. The number of nitrogens with zero attached hydrogens (tertiary/aromatic N) is 1. The molecule has 2 rings (SSSR count). The number of imide groups is 1. The van der Waals surface area contributed by atoms with Crippen molar-refractivity contribution >= 4 is 17.8 Å². The van der Waals surface area contributed by atoms with E-state index in [1.807, 2.05) is 0 Å². The van der Waals surface area contributed by atoms with E-state index in [1.54, 1.807) is 0 Å². The average molecular weight is 253 g/mol. The van der Waals surface area contributed by atoms with Crippen molar-refractivity contribution in [3.63, 3.8) is 0 Å². The van der Waals surface area contributed by atoms with Gasteiger partial charge in [-0.1, -0.05) is 32.1 Å². The highest BCUT2D eigenvalue weighted by Crippen LogP contribution is 2.27. The van der Waals surface area contributed by atoms with E-state index in [9.17, 15) is 14.4 Å². The lowest BCUT2D eigenvalue weighted by Crippen LogP contribution is -2.32. The molecule has 0 N–H and O–H groups in total. The maximum Gasteiger partial charge on any atom is 0.333 e. The van der Waals surface area contributed by atoms with Crippen LogP contribution in [0, 0.1) is 5.92 Å². The Balaban J connectivity index is 1.71. The second kappa shape index (κ2) is 5.98. The van der Waals surface area contributed by atoms with Crippen molar-refractivity contribution in [3.05, 3.63) is 0 Å². The van der Waals surface area contributed by atoms with Crippen LogP contribution in [0.25, 0.3) is 0 Å². The smallest absolute Gasteiger partial charge is 0.330 e. The maximum atomic E-state index is 11.6. The summed E-state index contributed by atoms with van der Waals surface area (Å²) in [5.74, 6) is -0.697. The van der Waals surface area contributed by atoms with Crippen molar-refractivity contribution in [2.45, 2.75) is 57.8 Å². The third-order valence-electron chi connectivity index (χ3n) is 3.68. The van der Waals surface area contributed by atoms with Gasteiger partial charge in [0.15, 0.2) is 0 Å². The molecule has 1 aliphatic carbocycles. The van der Waals surface area contributed by atoms with Crippen LogP contribution in [-0.2, 0) is 19.2 Å². The summed E-state index contributed by atoms with van der Waals surface area (Å²) in [5, 5.41) is 0.628. The Kier molecular flexibility index (Phi) is 4.33. The summed E-state index contributed by atoms with van der Waals surface area (Å²) < 4.78 is 0. The molecule has 100 valence electrons. The zero-order valence-corrected chi connectivity index (χ0v) is 10.5. The Labute approximate surface area is 106 Å². The van der Waals surface area contributed by atoms with Gasteiger partial charge in [0.1, 0.15) is 0 Å². The fourth-order valence-corrected chi connectivity index (χ4v) is 2.60. The molecule has 1 heterocycles. The molecule has 0 bridgehead atoms. The molecule has 0 radical (unpaired) electrons. The molecule has 0 spiro atoms. The molecule has 0 aromatic rings. The van der Waals surface area contributed by atoms with Crippen LogP contribution in [0.1, 0.15) is 57.8 Å². The summed E-state index contributed by atoms with van der Waals surface area (Å²) in [4.78, 5) is 38.9. The fraction of sp³-hybridized carbons (Fsp3) is 0.769. The number of carbonyl (C=O) groups excluding carboxylic acids is 3. The number of rotatable bonds is 4. The minimum absolute atomic E-state index is 0.148. The van der Waals surface area contributed by atoms with E-state index in [-0.39, 0.29) is 12.8 Å². The van der Waals surface area contributed by atoms with Crippen LogP contribution in [0.15, 0.2) is 0 Å². The first-order valence-electron chi connectivity index (χ1n) is 6.73. The van der Waals surface area contributed by atoms with E-state index in [4.69, 9.17) is 4.84 Å². The zero-order chi connectivity index (χ0) is 13.0. The van der Waals surface area contributed by atoms with Crippen LogP contribution < -0.4 is 0 Å². The minimum atomic E-state index is -0.468. The lowest BCUT2D eigenvalue weighted by Gasteiger charge is -2.21. The van der Waals surface area contributed by atoms with E-state index >= 15 is 0 Å². The Bertz CT molecular complexity index is 331. The number of hydrogen-bond acceptors (Lipinski definition) is 4. The van der Waals surface area contributed by atoms with Gasteiger partial charge in [0.05, 0.1) is 0 Å². The van der Waals surface area contributed by atoms with Crippen molar-refractivity contribution in [2.24, 2.45) is 5.92 Å². The van der Waals surface area contributed by atoms with E-state index < -0.39 is 17.8 Å². The summed E-state index contributed by atoms with van der Waals surface area (Å²) in [5.41, 5.74) is 0. The molecule has 1 aliphatic heterocycles. The van der Waals surface area contributed by atoms with Gasteiger partial charge < -0.3 is 4.84 Å². The van der Waals surface area contributed by atoms with Gasteiger partial charge in [-0.05, 0) is 12.3 Å². The van der Waals surface area contributed by atoms with Crippen molar-refractivity contribution in [2.75, 3.05) is 0 Å². The first kappa shape index (κ1) is 13.1. The van der Waals surface area contributed by atoms with Gasteiger partial charge in [-0.15, -0.1) is 5.06 Å². The van der Waals surface area contributed by atoms with Gasteiger partial charge in [0.2, 0.25) is 0 Å². The normalized spacial score (nSPS) is 21.4. The van der Waals surface area contributed by atoms with Crippen LogP contribution in [0.4, 0.5) is 0 Å². The molecular formula is C13H19NO4. The second-order valence-corrected chi connectivity index (χ2v) is 5.09. The van der Waals surface area contributed by atoms with E-state index in [2.05, 4.69) is 0 Å². The molecular weight excluding hydrogens is 234 g/mol. The fourth-order valence-electron chi connectivity index (χ4n) is 2.60. The van der Waals surface area contributed by atoms with Gasteiger partial charge in [-0.2, -0.15) is 0 Å². The Hall–Kier alpha value is -1.39. The standard InChI is InChI=1S/C13H19NO4/c15-11-7-8-12(16)14(11)18-13(17)9-6-10-4-2-1-3-5-10/h10H,1-9H2. The molecule has 18 heavy (non-hydrogen) atoms.